The van der Waals surface area contributed by atoms with E-state index in [1.54, 1.807) is 42.5 Å². The third kappa shape index (κ3) is 4.14. The summed E-state index contributed by atoms with van der Waals surface area (Å²) in [5, 5.41) is 3.14. The maximum absolute atomic E-state index is 13.2. The Kier molecular flexibility index (Phi) is 6.53. The smallest absolute Gasteiger partial charge is 0.319 e. The Labute approximate surface area is 179 Å². The summed E-state index contributed by atoms with van der Waals surface area (Å²) in [4.78, 5) is 31.7. The van der Waals surface area contributed by atoms with Crippen molar-refractivity contribution in [1.82, 2.24) is 14.7 Å². The number of benzene rings is 1. The van der Waals surface area contributed by atoms with Crippen molar-refractivity contribution in [2.45, 2.75) is 19.4 Å². The normalized spacial score (nSPS) is 15.9. The fraction of sp³-hybridized carbons (Fsp3) is 0.400. The number of hydrogen-bond donors (Lipinski definition) is 0. The van der Waals surface area contributed by atoms with Crippen molar-refractivity contribution in [2.24, 2.45) is 0 Å². The molecule has 1 aliphatic rings. The van der Waals surface area contributed by atoms with E-state index < -0.39 is 0 Å². The van der Waals surface area contributed by atoms with E-state index in [0.717, 1.165) is 17.5 Å². The van der Waals surface area contributed by atoms with Gasteiger partial charge in [0.15, 0.2) is 0 Å². The lowest BCUT2D eigenvalue weighted by atomic mass is 9.93. The number of rotatable bonds is 4. The minimum absolute atomic E-state index is 0.0364. The number of carbonyl (C=O) groups is 2. The Morgan fingerprint density at radius 3 is 2.61 bits per heavy atom. The van der Waals surface area contributed by atoms with Crippen LogP contribution in [-0.4, -0.2) is 60.4 Å². The molecule has 0 N–H and O–H groups in total. The van der Waals surface area contributed by atoms with Crippen molar-refractivity contribution in [2.75, 3.05) is 33.7 Å². The molecule has 1 aliphatic heterocycles. The van der Waals surface area contributed by atoms with Crippen LogP contribution in [0.4, 0.5) is 4.79 Å². The molecular weight excluding hydrogens is 417 g/mol. The van der Waals surface area contributed by atoms with Gasteiger partial charge >= 0.3 is 6.03 Å². The second kappa shape index (κ2) is 8.72. The highest BCUT2D eigenvalue weighted by molar-refractivity contribution is 7.10. The topological polar surface area (TPSA) is 43.9 Å². The largest absolute Gasteiger partial charge is 0.331 e. The Morgan fingerprint density at radius 1 is 1.21 bits per heavy atom. The van der Waals surface area contributed by atoms with Gasteiger partial charge in [-0.3, -0.25) is 4.79 Å². The summed E-state index contributed by atoms with van der Waals surface area (Å²) >= 11 is 14.3. The number of likely N-dealkylation sites (N-methyl/N-ethyl adjacent to an activating group) is 1. The zero-order chi connectivity index (χ0) is 20.4. The van der Waals surface area contributed by atoms with E-state index in [4.69, 9.17) is 23.2 Å². The monoisotopic (exact) mass is 439 g/mol. The van der Waals surface area contributed by atoms with Crippen molar-refractivity contribution in [1.29, 1.82) is 0 Å². The van der Waals surface area contributed by atoms with Crippen molar-refractivity contribution in [3.05, 3.63) is 55.7 Å². The Bertz CT molecular complexity index is 884. The molecule has 1 unspecified atom stereocenters. The van der Waals surface area contributed by atoms with Crippen LogP contribution in [0.15, 0.2) is 29.6 Å². The van der Waals surface area contributed by atoms with E-state index >= 15 is 0 Å². The molecule has 3 amide bonds. The molecule has 0 bridgehead atoms. The van der Waals surface area contributed by atoms with Crippen molar-refractivity contribution < 1.29 is 9.59 Å². The van der Waals surface area contributed by atoms with Crippen molar-refractivity contribution >= 4 is 46.5 Å². The molecule has 3 rings (SSSR count). The van der Waals surface area contributed by atoms with Crippen LogP contribution >= 0.6 is 34.5 Å². The fourth-order valence-electron chi connectivity index (χ4n) is 3.50. The van der Waals surface area contributed by atoms with Crippen LogP contribution in [0.3, 0.4) is 0 Å². The van der Waals surface area contributed by atoms with Gasteiger partial charge in [-0.2, -0.15) is 0 Å². The highest BCUT2D eigenvalue weighted by atomic mass is 35.5. The number of hydrogen-bond acceptors (Lipinski definition) is 3. The zero-order valence-corrected chi connectivity index (χ0v) is 18.4. The molecule has 0 saturated heterocycles. The van der Waals surface area contributed by atoms with Crippen LogP contribution in [0.5, 0.6) is 0 Å². The van der Waals surface area contributed by atoms with Gasteiger partial charge < -0.3 is 14.7 Å². The van der Waals surface area contributed by atoms with Gasteiger partial charge in [0.25, 0.3) is 0 Å². The van der Waals surface area contributed by atoms with E-state index in [2.05, 4.69) is 6.07 Å². The number of nitrogens with zero attached hydrogens (tertiary/aromatic N) is 3. The average molecular weight is 440 g/mol. The molecule has 150 valence electrons. The summed E-state index contributed by atoms with van der Waals surface area (Å²) in [6, 6.07) is 6.98. The number of amides is 3. The lowest BCUT2D eigenvalue weighted by Gasteiger charge is -2.38. The third-order valence-electron chi connectivity index (χ3n) is 4.90. The van der Waals surface area contributed by atoms with Gasteiger partial charge in [0, 0.05) is 42.1 Å². The van der Waals surface area contributed by atoms with Crippen LogP contribution in [0.1, 0.15) is 29.0 Å². The molecule has 1 aromatic carbocycles. The molecule has 0 aliphatic carbocycles. The van der Waals surface area contributed by atoms with Crippen LogP contribution in [0, 0.1) is 0 Å². The lowest BCUT2D eigenvalue weighted by molar-refractivity contribution is -0.134. The minimum Gasteiger partial charge on any atom is -0.331 e. The second-order valence-electron chi connectivity index (χ2n) is 6.90. The summed E-state index contributed by atoms with van der Waals surface area (Å²) in [6.45, 7) is 2.96. The molecule has 0 radical (unpaired) electrons. The molecule has 2 aromatic rings. The summed E-state index contributed by atoms with van der Waals surface area (Å²) in [5.41, 5.74) is 1.94. The molecule has 0 saturated carbocycles. The SMILES string of the molecule is CCN(CC(=O)N1CCc2sccc2C1c1ccc(Cl)cc1Cl)C(=O)N(C)C. The van der Waals surface area contributed by atoms with Gasteiger partial charge in [-0.15, -0.1) is 11.3 Å². The van der Waals surface area contributed by atoms with Gasteiger partial charge in [-0.05, 0) is 48.1 Å². The van der Waals surface area contributed by atoms with Gasteiger partial charge in [0.1, 0.15) is 6.54 Å². The molecule has 8 heteroatoms. The fourth-order valence-corrected chi connectivity index (χ4v) is 4.91. The molecule has 2 heterocycles. The quantitative estimate of drug-likeness (QED) is 0.701. The average Bonchev–Trinajstić information content (AvgIpc) is 3.13. The van der Waals surface area contributed by atoms with Gasteiger partial charge in [0.05, 0.1) is 6.04 Å². The molecule has 1 atom stereocenters. The summed E-state index contributed by atoms with van der Waals surface area (Å²) in [7, 11) is 3.37. The first kappa shape index (κ1) is 21.0. The van der Waals surface area contributed by atoms with Crippen molar-refractivity contribution in [3.8, 4) is 0 Å². The predicted octanol–water partition coefficient (Wildman–Crippen LogP) is 4.53. The van der Waals surface area contributed by atoms with Crippen LogP contribution < -0.4 is 0 Å². The van der Waals surface area contributed by atoms with Gasteiger partial charge in [-0.25, -0.2) is 4.79 Å². The third-order valence-corrected chi connectivity index (χ3v) is 6.46. The van der Waals surface area contributed by atoms with E-state index in [1.165, 1.54) is 9.78 Å². The zero-order valence-electron chi connectivity index (χ0n) is 16.1. The first-order chi connectivity index (χ1) is 13.3. The van der Waals surface area contributed by atoms with E-state index in [9.17, 15) is 9.59 Å². The van der Waals surface area contributed by atoms with Crippen molar-refractivity contribution in [3.63, 3.8) is 0 Å². The molecule has 1 aromatic heterocycles. The predicted molar refractivity (Wildman–Crippen MR) is 114 cm³/mol. The molecule has 0 spiro atoms. The molecule has 0 fully saturated rings. The number of carbonyl (C=O) groups excluding carboxylic acids is 2. The highest BCUT2D eigenvalue weighted by Crippen LogP contribution is 2.41. The maximum Gasteiger partial charge on any atom is 0.319 e. The van der Waals surface area contributed by atoms with E-state index in [-0.39, 0.29) is 24.5 Å². The molecule has 5 nitrogen and oxygen atoms in total. The first-order valence-electron chi connectivity index (χ1n) is 9.10. The first-order valence-corrected chi connectivity index (χ1v) is 10.7. The Hall–Kier alpha value is -1.76. The lowest BCUT2D eigenvalue weighted by Crippen LogP contribution is -2.48. The van der Waals surface area contributed by atoms with Gasteiger partial charge in [0.2, 0.25) is 5.91 Å². The standard InChI is InChI=1S/C20H23Cl2N3O2S/c1-4-24(20(27)23(2)3)12-18(26)25-9-7-17-15(8-10-28-17)19(25)14-6-5-13(21)11-16(14)22/h5-6,8,10-11,19H,4,7,9,12H2,1-3H3. The second-order valence-corrected chi connectivity index (χ2v) is 8.74. The van der Waals surface area contributed by atoms with Gasteiger partial charge in [-0.1, -0.05) is 29.3 Å². The molecule has 28 heavy (non-hydrogen) atoms. The van der Waals surface area contributed by atoms with E-state index in [0.29, 0.717) is 23.1 Å². The number of fused-ring (bicyclic) bond motifs is 1. The summed E-state index contributed by atoms with van der Waals surface area (Å²) < 4.78 is 0. The summed E-state index contributed by atoms with van der Waals surface area (Å²) in [5.74, 6) is -0.0927. The highest BCUT2D eigenvalue weighted by Gasteiger charge is 2.35. The van der Waals surface area contributed by atoms with Crippen LogP contribution in [0.25, 0.3) is 0 Å². The number of halogens is 2. The number of urea groups is 1. The van der Waals surface area contributed by atoms with Crippen LogP contribution in [-0.2, 0) is 11.2 Å². The molecular formula is C20H23Cl2N3O2S. The van der Waals surface area contributed by atoms with E-state index in [1.807, 2.05) is 23.3 Å². The number of thiophene rings is 1. The maximum atomic E-state index is 13.2. The Morgan fingerprint density at radius 2 is 1.96 bits per heavy atom. The Balaban J connectivity index is 1.94. The van der Waals surface area contributed by atoms with Crippen LogP contribution in [0.2, 0.25) is 10.0 Å². The minimum atomic E-state index is -0.277. The summed E-state index contributed by atoms with van der Waals surface area (Å²) in [6.07, 6.45) is 0.800.